The van der Waals surface area contributed by atoms with Gasteiger partial charge in [0, 0.05) is 12.6 Å². The molecule has 0 bridgehead atoms. The Morgan fingerprint density at radius 1 is 1.29 bits per heavy atom. The number of hydrogen-bond acceptors (Lipinski definition) is 5. The largest absolute Gasteiger partial charge is 0.345 e. The minimum absolute atomic E-state index is 0.147. The van der Waals surface area contributed by atoms with Crippen molar-refractivity contribution in [1.29, 1.82) is 0 Å². The van der Waals surface area contributed by atoms with Crippen LogP contribution in [0.25, 0.3) is 10.3 Å². The maximum atomic E-state index is 6.04. The first-order valence-corrected chi connectivity index (χ1v) is 6.98. The van der Waals surface area contributed by atoms with Crippen molar-refractivity contribution >= 4 is 50.0 Å². The molecular formula is C10H10Cl2N4S. The Hall–Kier alpha value is -0.650. The molecule has 1 fully saturated rings. The van der Waals surface area contributed by atoms with Crippen LogP contribution in [0.4, 0.5) is 5.13 Å². The molecular weight excluding hydrogens is 279 g/mol. The average molecular weight is 289 g/mol. The molecule has 4 nitrogen and oxygen atoms in total. The Balaban J connectivity index is 2.10. The second-order valence-electron chi connectivity index (χ2n) is 4.12. The second-order valence-corrected chi connectivity index (χ2v) is 5.79. The van der Waals surface area contributed by atoms with Gasteiger partial charge in [0.25, 0.3) is 0 Å². The zero-order valence-corrected chi connectivity index (χ0v) is 11.5. The molecule has 0 saturated carbocycles. The fraction of sp³-hybridized carbons (Fsp3) is 0.500. The van der Waals surface area contributed by atoms with E-state index in [0.717, 1.165) is 16.4 Å². The summed E-state index contributed by atoms with van der Waals surface area (Å²) in [5.74, 6) is 0. The van der Waals surface area contributed by atoms with Crippen LogP contribution in [0.2, 0.25) is 10.4 Å². The van der Waals surface area contributed by atoms with Crippen LogP contribution in [-0.4, -0.2) is 27.5 Å². The van der Waals surface area contributed by atoms with Gasteiger partial charge in [-0.3, -0.25) is 0 Å². The van der Waals surface area contributed by atoms with Crippen LogP contribution < -0.4 is 4.90 Å². The second kappa shape index (κ2) is 4.23. The predicted octanol–water partition coefficient (Wildman–Crippen LogP) is 3.38. The van der Waals surface area contributed by atoms with Crippen LogP contribution >= 0.6 is 34.5 Å². The summed E-state index contributed by atoms with van der Waals surface area (Å²) in [4.78, 5) is 14.8. The molecule has 2 aromatic heterocycles. The molecule has 0 N–H and O–H groups in total. The van der Waals surface area contributed by atoms with E-state index in [4.69, 9.17) is 23.2 Å². The SMILES string of the molecule is C[C@@H]1CCCN1c1nc2nc(Cl)nc(Cl)c2s1. The number of nitrogens with zero attached hydrogens (tertiary/aromatic N) is 4. The van der Waals surface area contributed by atoms with E-state index in [-0.39, 0.29) is 5.28 Å². The number of aromatic nitrogens is 3. The lowest BCUT2D eigenvalue weighted by Crippen LogP contribution is -2.25. The van der Waals surface area contributed by atoms with E-state index in [2.05, 4.69) is 26.8 Å². The molecule has 90 valence electrons. The van der Waals surface area contributed by atoms with Gasteiger partial charge in [-0.15, -0.1) is 0 Å². The van der Waals surface area contributed by atoms with Gasteiger partial charge < -0.3 is 4.90 Å². The normalized spacial score (nSPS) is 20.4. The summed E-state index contributed by atoms with van der Waals surface area (Å²) in [6.07, 6.45) is 2.41. The Kier molecular flexibility index (Phi) is 2.84. The van der Waals surface area contributed by atoms with E-state index in [0.29, 0.717) is 16.8 Å². The molecule has 1 aliphatic rings. The molecule has 3 rings (SSSR count). The number of thiazole rings is 1. The zero-order chi connectivity index (χ0) is 12.0. The van der Waals surface area contributed by atoms with Crippen LogP contribution in [0.3, 0.4) is 0 Å². The first kappa shape index (κ1) is 11.4. The summed E-state index contributed by atoms with van der Waals surface area (Å²) in [5, 5.41) is 1.49. The van der Waals surface area contributed by atoms with Gasteiger partial charge in [0.1, 0.15) is 4.70 Å². The summed E-state index contributed by atoms with van der Waals surface area (Å²) < 4.78 is 0.810. The van der Waals surface area contributed by atoms with E-state index in [1.807, 2.05) is 0 Å². The fourth-order valence-electron chi connectivity index (χ4n) is 2.10. The van der Waals surface area contributed by atoms with Crippen molar-refractivity contribution in [2.24, 2.45) is 0 Å². The minimum Gasteiger partial charge on any atom is -0.345 e. The molecule has 7 heteroatoms. The van der Waals surface area contributed by atoms with E-state index in [1.165, 1.54) is 24.2 Å². The maximum Gasteiger partial charge on any atom is 0.225 e. The quantitative estimate of drug-likeness (QED) is 0.596. The van der Waals surface area contributed by atoms with Gasteiger partial charge in [-0.2, -0.15) is 9.97 Å². The Morgan fingerprint density at radius 3 is 2.82 bits per heavy atom. The third kappa shape index (κ3) is 1.96. The van der Waals surface area contributed by atoms with Crippen LogP contribution in [0, 0.1) is 0 Å². The molecule has 17 heavy (non-hydrogen) atoms. The Labute approximate surface area is 113 Å². The maximum absolute atomic E-state index is 6.04. The summed E-state index contributed by atoms with van der Waals surface area (Å²) in [6, 6.07) is 0.526. The molecule has 3 heterocycles. The molecule has 1 aliphatic heterocycles. The van der Waals surface area contributed by atoms with Crippen LogP contribution in [0.5, 0.6) is 0 Å². The highest BCUT2D eigenvalue weighted by atomic mass is 35.5. The van der Waals surface area contributed by atoms with Gasteiger partial charge in [-0.05, 0) is 31.4 Å². The Bertz CT molecular complexity index is 571. The number of halogens is 2. The van der Waals surface area contributed by atoms with Gasteiger partial charge in [0.15, 0.2) is 15.9 Å². The van der Waals surface area contributed by atoms with Gasteiger partial charge in [-0.25, -0.2) is 4.98 Å². The molecule has 0 unspecified atom stereocenters. The van der Waals surface area contributed by atoms with Gasteiger partial charge in [0.05, 0.1) is 0 Å². The minimum atomic E-state index is 0.147. The topological polar surface area (TPSA) is 41.9 Å². The molecule has 0 aliphatic carbocycles. The zero-order valence-electron chi connectivity index (χ0n) is 9.15. The lowest BCUT2D eigenvalue weighted by Gasteiger charge is -2.19. The van der Waals surface area contributed by atoms with E-state index >= 15 is 0 Å². The molecule has 0 aromatic carbocycles. The summed E-state index contributed by atoms with van der Waals surface area (Å²) in [5.41, 5.74) is 0.592. The van der Waals surface area contributed by atoms with Crippen molar-refractivity contribution in [2.45, 2.75) is 25.8 Å². The van der Waals surface area contributed by atoms with Crippen LogP contribution in [0.1, 0.15) is 19.8 Å². The lowest BCUT2D eigenvalue weighted by atomic mass is 10.2. The van der Waals surface area contributed by atoms with Crippen molar-refractivity contribution in [3.05, 3.63) is 10.4 Å². The van der Waals surface area contributed by atoms with Gasteiger partial charge in [-0.1, -0.05) is 22.9 Å². The van der Waals surface area contributed by atoms with Crippen molar-refractivity contribution in [3.8, 4) is 0 Å². The van der Waals surface area contributed by atoms with Crippen LogP contribution in [0.15, 0.2) is 0 Å². The predicted molar refractivity (Wildman–Crippen MR) is 71.3 cm³/mol. The highest BCUT2D eigenvalue weighted by molar-refractivity contribution is 7.22. The number of rotatable bonds is 1. The molecule has 1 atom stereocenters. The third-order valence-corrected chi connectivity index (χ3v) is 4.62. The first-order chi connectivity index (χ1) is 8.15. The summed E-state index contributed by atoms with van der Waals surface area (Å²) in [6.45, 7) is 3.25. The number of fused-ring (bicyclic) bond motifs is 1. The average Bonchev–Trinajstić information content (AvgIpc) is 2.83. The van der Waals surface area contributed by atoms with Crippen molar-refractivity contribution in [2.75, 3.05) is 11.4 Å². The molecule has 0 radical (unpaired) electrons. The van der Waals surface area contributed by atoms with Crippen molar-refractivity contribution < 1.29 is 0 Å². The van der Waals surface area contributed by atoms with Gasteiger partial charge in [0.2, 0.25) is 5.28 Å². The van der Waals surface area contributed by atoms with E-state index in [1.54, 1.807) is 0 Å². The fourth-order valence-corrected chi connectivity index (χ4v) is 3.60. The van der Waals surface area contributed by atoms with Crippen LogP contribution in [-0.2, 0) is 0 Å². The third-order valence-electron chi connectivity index (χ3n) is 2.97. The Morgan fingerprint density at radius 2 is 2.12 bits per heavy atom. The van der Waals surface area contributed by atoms with E-state index < -0.39 is 0 Å². The summed E-state index contributed by atoms with van der Waals surface area (Å²) >= 11 is 13.3. The first-order valence-electron chi connectivity index (χ1n) is 5.41. The van der Waals surface area contributed by atoms with E-state index in [9.17, 15) is 0 Å². The molecule has 2 aromatic rings. The molecule has 1 saturated heterocycles. The smallest absolute Gasteiger partial charge is 0.225 e. The highest BCUT2D eigenvalue weighted by Crippen LogP contribution is 2.35. The molecule has 0 spiro atoms. The molecule has 0 amide bonds. The van der Waals surface area contributed by atoms with Crippen molar-refractivity contribution in [1.82, 2.24) is 15.0 Å². The number of hydrogen-bond donors (Lipinski definition) is 0. The van der Waals surface area contributed by atoms with Crippen molar-refractivity contribution in [3.63, 3.8) is 0 Å². The number of anilines is 1. The lowest BCUT2D eigenvalue weighted by molar-refractivity contribution is 0.733. The standard InChI is InChI=1S/C10H10Cl2N4S/c1-5-3-2-4-16(5)10-15-8-6(17-10)7(11)13-9(12)14-8/h5H,2-4H2,1H3/t5-/m1/s1. The van der Waals surface area contributed by atoms with Gasteiger partial charge >= 0.3 is 0 Å². The highest BCUT2D eigenvalue weighted by Gasteiger charge is 2.24. The monoisotopic (exact) mass is 288 g/mol. The summed E-state index contributed by atoms with van der Waals surface area (Å²) in [7, 11) is 0.